The second kappa shape index (κ2) is 8.29. The zero-order valence-electron chi connectivity index (χ0n) is 12.9. The number of hydrogen-bond donors (Lipinski definition) is 1. The molecule has 1 N–H and O–H groups in total. The van der Waals surface area contributed by atoms with Crippen LogP contribution >= 0.6 is 0 Å². The van der Waals surface area contributed by atoms with E-state index in [0.29, 0.717) is 35.7 Å². The van der Waals surface area contributed by atoms with Crippen molar-refractivity contribution in [3.63, 3.8) is 0 Å². The van der Waals surface area contributed by atoms with Crippen molar-refractivity contribution in [2.45, 2.75) is 20.0 Å². The van der Waals surface area contributed by atoms with Gasteiger partial charge in [-0.25, -0.2) is 4.39 Å². The van der Waals surface area contributed by atoms with Crippen LogP contribution < -0.4 is 9.47 Å². The fourth-order valence-electron chi connectivity index (χ4n) is 2.04. The highest BCUT2D eigenvalue weighted by Gasteiger charge is 2.10. The average molecular weight is 318 g/mol. The van der Waals surface area contributed by atoms with Crippen LogP contribution in [0.1, 0.15) is 29.3 Å². The van der Waals surface area contributed by atoms with E-state index in [1.165, 1.54) is 19.1 Å². The van der Waals surface area contributed by atoms with Crippen LogP contribution in [0, 0.1) is 5.82 Å². The number of ketones is 1. The third kappa shape index (κ3) is 5.07. The summed E-state index contributed by atoms with van der Waals surface area (Å²) in [5, 5.41) is 8.77. The number of carbonyl (C=O) groups excluding carboxylic acids is 1. The van der Waals surface area contributed by atoms with E-state index in [4.69, 9.17) is 14.6 Å². The first-order chi connectivity index (χ1) is 11.1. The van der Waals surface area contributed by atoms with Crippen LogP contribution in [-0.2, 0) is 6.61 Å². The zero-order valence-corrected chi connectivity index (χ0v) is 12.9. The van der Waals surface area contributed by atoms with Crippen LogP contribution in [0.2, 0.25) is 0 Å². The summed E-state index contributed by atoms with van der Waals surface area (Å²) in [5.41, 5.74) is 1.12. The number of Topliss-reactive ketones (excluding diaryl/α,β-unsaturated/α-hetero) is 1. The zero-order chi connectivity index (χ0) is 16.7. The normalized spacial score (nSPS) is 10.4. The Kier molecular flexibility index (Phi) is 6.11. The van der Waals surface area contributed by atoms with Crippen molar-refractivity contribution in [3.05, 3.63) is 59.4 Å². The van der Waals surface area contributed by atoms with Crippen molar-refractivity contribution < 1.29 is 23.8 Å². The number of rotatable bonds is 8. The minimum Gasteiger partial charge on any atom is -0.493 e. The molecule has 2 aromatic rings. The van der Waals surface area contributed by atoms with Gasteiger partial charge in [-0.3, -0.25) is 4.79 Å². The van der Waals surface area contributed by atoms with Crippen molar-refractivity contribution in [2.75, 3.05) is 13.2 Å². The standard InChI is InChI=1S/C18H19FO4/c1-13(21)17-11-16(6-7-18(17)22-9-3-8-20)23-12-14-4-2-5-15(19)10-14/h2,4-7,10-11,20H,3,8-9,12H2,1H3. The van der Waals surface area contributed by atoms with Crippen LogP contribution in [0.3, 0.4) is 0 Å². The molecule has 0 fully saturated rings. The average Bonchev–Trinajstić information content (AvgIpc) is 2.54. The Morgan fingerprint density at radius 1 is 1.17 bits per heavy atom. The smallest absolute Gasteiger partial charge is 0.163 e. The summed E-state index contributed by atoms with van der Waals surface area (Å²) in [6, 6.07) is 11.1. The van der Waals surface area contributed by atoms with Crippen molar-refractivity contribution in [1.82, 2.24) is 0 Å². The van der Waals surface area contributed by atoms with Crippen LogP contribution in [-0.4, -0.2) is 24.1 Å². The van der Waals surface area contributed by atoms with Gasteiger partial charge in [0.05, 0.1) is 12.2 Å². The van der Waals surface area contributed by atoms with Crippen molar-refractivity contribution in [2.24, 2.45) is 0 Å². The maximum atomic E-state index is 13.1. The molecule has 0 spiro atoms. The second-order valence-electron chi connectivity index (χ2n) is 5.06. The highest BCUT2D eigenvalue weighted by Crippen LogP contribution is 2.25. The van der Waals surface area contributed by atoms with Gasteiger partial charge < -0.3 is 14.6 Å². The Morgan fingerprint density at radius 2 is 2.00 bits per heavy atom. The highest BCUT2D eigenvalue weighted by molar-refractivity contribution is 5.97. The van der Waals surface area contributed by atoms with Crippen molar-refractivity contribution in [1.29, 1.82) is 0 Å². The molecule has 0 aliphatic heterocycles. The lowest BCUT2D eigenvalue weighted by molar-refractivity contribution is 0.101. The predicted octanol–water partition coefficient (Wildman–Crippen LogP) is 3.37. The summed E-state index contributed by atoms with van der Waals surface area (Å²) >= 11 is 0. The lowest BCUT2D eigenvalue weighted by Gasteiger charge is -2.12. The monoisotopic (exact) mass is 318 g/mol. The molecule has 0 amide bonds. The molecule has 0 aliphatic carbocycles. The number of hydrogen-bond acceptors (Lipinski definition) is 4. The molecule has 0 radical (unpaired) electrons. The van der Waals surface area contributed by atoms with E-state index < -0.39 is 0 Å². The highest BCUT2D eigenvalue weighted by atomic mass is 19.1. The van der Waals surface area contributed by atoms with E-state index in [1.54, 1.807) is 30.3 Å². The molecular formula is C18H19FO4. The lowest BCUT2D eigenvalue weighted by Crippen LogP contribution is -2.05. The Labute approximate surface area is 134 Å². The summed E-state index contributed by atoms with van der Waals surface area (Å²) in [6.45, 7) is 2.02. The molecule has 0 atom stereocenters. The number of aliphatic hydroxyl groups excluding tert-OH is 1. The Hall–Kier alpha value is -2.40. The van der Waals surface area contributed by atoms with Crippen molar-refractivity contribution >= 4 is 5.78 Å². The summed E-state index contributed by atoms with van der Waals surface area (Å²) in [7, 11) is 0. The minimum absolute atomic E-state index is 0.0320. The first-order valence-electron chi connectivity index (χ1n) is 7.36. The Bertz CT molecular complexity index is 670. The number of aliphatic hydroxyl groups is 1. The molecule has 0 saturated heterocycles. The fourth-order valence-corrected chi connectivity index (χ4v) is 2.04. The molecule has 4 nitrogen and oxygen atoms in total. The van der Waals surface area contributed by atoms with E-state index in [-0.39, 0.29) is 24.8 Å². The summed E-state index contributed by atoms with van der Waals surface area (Å²) in [4.78, 5) is 11.7. The minimum atomic E-state index is -0.317. The molecule has 5 heteroatoms. The third-order valence-corrected chi connectivity index (χ3v) is 3.18. The molecule has 2 rings (SSSR count). The van der Waals surface area contributed by atoms with Gasteiger partial charge in [0.1, 0.15) is 23.9 Å². The molecule has 0 unspecified atom stereocenters. The molecule has 0 bridgehead atoms. The van der Waals surface area contributed by atoms with Gasteiger partial charge in [0, 0.05) is 13.0 Å². The second-order valence-corrected chi connectivity index (χ2v) is 5.06. The topological polar surface area (TPSA) is 55.8 Å². The van der Waals surface area contributed by atoms with E-state index in [9.17, 15) is 9.18 Å². The van der Waals surface area contributed by atoms with Crippen LogP contribution in [0.25, 0.3) is 0 Å². The summed E-state index contributed by atoms with van der Waals surface area (Å²) in [5.74, 6) is 0.515. The van der Waals surface area contributed by atoms with Gasteiger partial charge in [-0.1, -0.05) is 12.1 Å². The quantitative estimate of drug-likeness (QED) is 0.599. The number of benzene rings is 2. The van der Waals surface area contributed by atoms with E-state index in [1.807, 2.05) is 0 Å². The molecule has 23 heavy (non-hydrogen) atoms. The van der Waals surface area contributed by atoms with Crippen LogP contribution in [0.15, 0.2) is 42.5 Å². The van der Waals surface area contributed by atoms with Crippen molar-refractivity contribution in [3.8, 4) is 11.5 Å². The van der Waals surface area contributed by atoms with E-state index in [0.717, 1.165) is 0 Å². The third-order valence-electron chi connectivity index (χ3n) is 3.18. The molecule has 2 aromatic carbocycles. The molecule has 0 saturated carbocycles. The summed E-state index contributed by atoms with van der Waals surface area (Å²) < 4.78 is 24.2. The first kappa shape index (κ1) is 17.0. The van der Waals surface area contributed by atoms with Gasteiger partial charge in [0.2, 0.25) is 0 Å². The van der Waals surface area contributed by atoms with Crippen LogP contribution in [0.5, 0.6) is 11.5 Å². The van der Waals surface area contributed by atoms with Gasteiger partial charge >= 0.3 is 0 Å². The maximum absolute atomic E-state index is 13.1. The molecule has 0 aliphatic rings. The number of ether oxygens (including phenoxy) is 2. The largest absolute Gasteiger partial charge is 0.493 e. The Morgan fingerprint density at radius 3 is 2.70 bits per heavy atom. The van der Waals surface area contributed by atoms with Gasteiger partial charge in [-0.15, -0.1) is 0 Å². The molecule has 0 aromatic heterocycles. The molecule has 122 valence electrons. The van der Waals surface area contributed by atoms with E-state index >= 15 is 0 Å². The number of carbonyl (C=O) groups is 1. The fraction of sp³-hybridized carbons (Fsp3) is 0.278. The molecular weight excluding hydrogens is 299 g/mol. The SMILES string of the molecule is CC(=O)c1cc(OCc2cccc(F)c2)ccc1OCCCO. The van der Waals surface area contributed by atoms with Gasteiger partial charge in [0.15, 0.2) is 5.78 Å². The van der Waals surface area contributed by atoms with E-state index in [2.05, 4.69) is 0 Å². The van der Waals surface area contributed by atoms with Crippen LogP contribution in [0.4, 0.5) is 4.39 Å². The lowest BCUT2D eigenvalue weighted by atomic mass is 10.1. The maximum Gasteiger partial charge on any atom is 0.163 e. The first-order valence-corrected chi connectivity index (χ1v) is 7.36. The van der Waals surface area contributed by atoms with Gasteiger partial charge in [-0.05, 0) is 42.8 Å². The number of halogens is 1. The summed E-state index contributed by atoms with van der Waals surface area (Å²) in [6.07, 6.45) is 0.495. The molecule has 0 heterocycles. The van der Waals surface area contributed by atoms with Gasteiger partial charge in [-0.2, -0.15) is 0 Å². The predicted molar refractivity (Wildman–Crippen MR) is 84.4 cm³/mol. The Balaban J connectivity index is 2.07. The van der Waals surface area contributed by atoms with Gasteiger partial charge in [0.25, 0.3) is 0 Å².